The average Bonchev–Trinajstić information content (AvgIpc) is 3.57. The Kier molecular flexibility index (Phi) is 23.1. The maximum absolute atomic E-state index is 13.4. The molecule has 2 amide bonds. The van der Waals surface area contributed by atoms with Gasteiger partial charge in [-0.3, -0.25) is 9.59 Å². The van der Waals surface area contributed by atoms with Crippen molar-refractivity contribution in [2.75, 3.05) is 13.6 Å². The van der Waals surface area contributed by atoms with Crippen molar-refractivity contribution in [3.05, 3.63) is 34.7 Å². The minimum absolute atomic E-state index is 0.183. The van der Waals surface area contributed by atoms with Gasteiger partial charge in [-0.1, -0.05) is 53.0 Å². The number of carbonyl (C=O) groups is 3. The Hall–Kier alpha value is -1.97. The van der Waals surface area contributed by atoms with E-state index in [1.54, 1.807) is 12.1 Å². The third-order valence-electron chi connectivity index (χ3n) is 5.64. The van der Waals surface area contributed by atoms with E-state index in [-0.39, 0.29) is 5.56 Å². The van der Waals surface area contributed by atoms with E-state index in [2.05, 4.69) is 24.5 Å². The van der Waals surface area contributed by atoms with Gasteiger partial charge in [0.1, 0.15) is 6.79 Å². The standard InChI is InChI=1S/C10H9FNO3PS.C9H15NO.C4H10.C2H6.CH5N.CH2O/c11-9(16(14)15)5-1-2-7-6(3-5)4-8(17-7)10(12)13;11-9-6-2-1-4-8-5-3-7-10(8)9;1-3-4-2;3*1-2/h1-4,9,14-15H,(H2,12,13);8H,1-7H2;3-4H2,1-2H3;1-2H3;2H2,1H3;1H2. The summed E-state index contributed by atoms with van der Waals surface area (Å²) >= 11 is 1.22. The molecule has 2 aliphatic rings. The molecule has 0 radical (unpaired) electrons. The fraction of sp³-hybridized carbons (Fsp3) is 0.593. The van der Waals surface area contributed by atoms with Crippen molar-refractivity contribution in [3.63, 3.8) is 0 Å². The molecule has 2 aromatic rings. The third-order valence-corrected chi connectivity index (χ3v) is 7.47. The van der Waals surface area contributed by atoms with E-state index in [0.717, 1.165) is 24.1 Å². The zero-order chi connectivity index (χ0) is 29.7. The lowest BCUT2D eigenvalue weighted by Crippen LogP contribution is -2.33. The SMILES string of the molecule is C=O.CC.CCCC.CN.NC(=O)c1cc2cc(C(F)P(O)O)ccc2s1.O=C1CCCCC2CCCN12. The number of benzene rings is 1. The van der Waals surface area contributed by atoms with Crippen LogP contribution < -0.4 is 11.5 Å². The molecule has 0 saturated carbocycles. The third kappa shape index (κ3) is 13.2. The molecule has 1 aromatic heterocycles. The molecular formula is C27H47FN3O5PS. The van der Waals surface area contributed by atoms with E-state index in [1.165, 1.54) is 69.0 Å². The molecular weight excluding hydrogens is 528 g/mol. The zero-order valence-electron chi connectivity index (χ0n) is 23.5. The van der Waals surface area contributed by atoms with Crippen LogP contribution in [0.1, 0.15) is 100 Å². The summed E-state index contributed by atoms with van der Waals surface area (Å²) in [5, 5.41) is 0.667. The molecule has 0 spiro atoms. The highest BCUT2D eigenvalue weighted by Crippen LogP contribution is 2.45. The highest BCUT2D eigenvalue weighted by molar-refractivity contribution is 7.45. The van der Waals surface area contributed by atoms with Crippen molar-refractivity contribution in [1.82, 2.24) is 4.90 Å². The summed E-state index contributed by atoms with van der Waals surface area (Å²) in [5.74, 6) is -1.92. The topological polar surface area (TPSA) is 147 Å². The molecule has 0 aliphatic carbocycles. The molecule has 4 rings (SSSR count). The van der Waals surface area contributed by atoms with Crippen molar-refractivity contribution in [2.24, 2.45) is 11.5 Å². The molecule has 3 heterocycles. The summed E-state index contributed by atoms with van der Waals surface area (Å²) in [6.45, 7) is 11.4. The first-order valence-corrected chi connectivity index (χ1v) is 15.2. The van der Waals surface area contributed by atoms with Gasteiger partial charge in [0.25, 0.3) is 5.91 Å². The van der Waals surface area contributed by atoms with Crippen LogP contribution in [0.15, 0.2) is 24.3 Å². The van der Waals surface area contributed by atoms with Gasteiger partial charge in [-0.15, -0.1) is 11.3 Å². The monoisotopic (exact) mass is 575 g/mol. The predicted octanol–water partition coefficient (Wildman–Crippen LogP) is 6.04. The van der Waals surface area contributed by atoms with E-state index in [9.17, 15) is 14.0 Å². The van der Waals surface area contributed by atoms with Gasteiger partial charge in [-0.25, -0.2) is 4.39 Å². The summed E-state index contributed by atoms with van der Waals surface area (Å²) in [4.78, 5) is 50.5. The molecule has 2 fully saturated rings. The quantitative estimate of drug-likeness (QED) is 0.327. The summed E-state index contributed by atoms with van der Waals surface area (Å²) < 4.78 is 14.2. The Labute approximate surface area is 232 Å². The van der Waals surface area contributed by atoms with Gasteiger partial charge in [0, 0.05) is 23.7 Å². The summed E-state index contributed by atoms with van der Waals surface area (Å²) in [6, 6.07) is 6.77. The fourth-order valence-corrected chi connectivity index (χ4v) is 5.05. The van der Waals surface area contributed by atoms with Crippen LogP contribution in [0.4, 0.5) is 4.39 Å². The summed E-state index contributed by atoms with van der Waals surface area (Å²) in [6.07, 6.45) is 9.56. The van der Waals surface area contributed by atoms with E-state index in [0.29, 0.717) is 22.2 Å². The number of alkyl halides is 1. The van der Waals surface area contributed by atoms with Crippen LogP contribution in [-0.4, -0.2) is 52.9 Å². The van der Waals surface area contributed by atoms with Gasteiger partial charge >= 0.3 is 0 Å². The van der Waals surface area contributed by atoms with Crippen LogP contribution in [0.25, 0.3) is 10.1 Å². The molecule has 2 unspecified atom stereocenters. The Balaban J connectivity index is 0. The molecule has 2 atom stereocenters. The minimum atomic E-state index is -2.65. The van der Waals surface area contributed by atoms with Crippen LogP contribution in [0.2, 0.25) is 0 Å². The first-order chi connectivity index (χ1) is 18.3. The largest absolute Gasteiger partial charge is 0.365 e. The number of hydrogen-bond donors (Lipinski definition) is 4. The van der Waals surface area contributed by atoms with Gasteiger partial charge in [0.2, 0.25) is 14.3 Å². The Bertz CT molecular complexity index is 914. The Morgan fingerprint density at radius 1 is 1.13 bits per heavy atom. The van der Waals surface area contributed by atoms with Crippen LogP contribution in [-0.2, 0) is 9.59 Å². The van der Waals surface area contributed by atoms with Crippen LogP contribution >= 0.6 is 19.7 Å². The molecule has 38 heavy (non-hydrogen) atoms. The Morgan fingerprint density at radius 2 is 1.71 bits per heavy atom. The molecule has 11 heteroatoms. The van der Waals surface area contributed by atoms with Gasteiger partial charge in [0.15, 0.2) is 5.91 Å². The van der Waals surface area contributed by atoms with Crippen molar-refractivity contribution in [3.8, 4) is 0 Å². The second-order valence-corrected chi connectivity index (χ2v) is 10.2. The average molecular weight is 576 g/mol. The van der Waals surface area contributed by atoms with Crippen LogP contribution in [0, 0.1) is 0 Å². The fourth-order valence-electron chi connectivity index (χ4n) is 3.73. The maximum atomic E-state index is 13.4. The number of halogens is 1. The van der Waals surface area contributed by atoms with Crippen LogP contribution in [0.5, 0.6) is 0 Å². The summed E-state index contributed by atoms with van der Waals surface area (Å²) in [5.41, 5.74) is 9.83. The molecule has 2 saturated heterocycles. The van der Waals surface area contributed by atoms with Crippen molar-refractivity contribution < 1.29 is 28.6 Å². The molecule has 8 nitrogen and oxygen atoms in total. The maximum Gasteiger partial charge on any atom is 0.258 e. The number of nitrogens with two attached hydrogens (primary N) is 2. The van der Waals surface area contributed by atoms with E-state index < -0.39 is 20.2 Å². The second kappa shape index (κ2) is 23.0. The van der Waals surface area contributed by atoms with Gasteiger partial charge in [-0.2, -0.15) is 0 Å². The van der Waals surface area contributed by atoms with E-state index >= 15 is 0 Å². The number of carbonyl (C=O) groups excluding carboxylic acids is 3. The first-order valence-electron chi connectivity index (χ1n) is 13.1. The van der Waals surface area contributed by atoms with Gasteiger partial charge < -0.3 is 30.9 Å². The normalized spacial score (nSPS) is 16.3. The zero-order valence-corrected chi connectivity index (χ0v) is 25.2. The molecule has 0 bridgehead atoms. The molecule has 1 aromatic carbocycles. The molecule has 218 valence electrons. The number of thiophene rings is 1. The number of nitrogens with zero attached hydrogens (tertiary/aromatic N) is 1. The van der Waals surface area contributed by atoms with Crippen molar-refractivity contribution >= 4 is 48.4 Å². The predicted molar refractivity (Wildman–Crippen MR) is 158 cm³/mol. The van der Waals surface area contributed by atoms with E-state index in [1.807, 2.05) is 20.6 Å². The number of fused-ring (bicyclic) bond motifs is 2. The number of rotatable bonds is 4. The lowest BCUT2D eigenvalue weighted by atomic mass is 10.1. The van der Waals surface area contributed by atoms with Crippen molar-refractivity contribution in [2.45, 2.75) is 91.0 Å². The highest BCUT2D eigenvalue weighted by Gasteiger charge is 2.29. The Morgan fingerprint density at radius 3 is 2.24 bits per heavy atom. The van der Waals surface area contributed by atoms with Gasteiger partial charge in [0.05, 0.1) is 4.88 Å². The first kappa shape index (κ1) is 38.2. The van der Waals surface area contributed by atoms with Crippen molar-refractivity contribution in [1.29, 1.82) is 0 Å². The number of unbranched alkanes of at least 4 members (excludes halogenated alkanes) is 1. The second-order valence-electron chi connectivity index (χ2n) is 8.06. The minimum Gasteiger partial charge on any atom is -0.365 e. The smallest absolute Gasteiger partial charge is 0.258 e. The van der Waals surface area contributed by atoms with Crippen LogP contribution in [0.3, 0.4) is 0 Å². The highest BCUT2D eigenvalue weighted by atomic mass is 32.1. The molecule has 6 N–H and O–H groups in total. The molecule has 2 aliphatic heterocycles. The number of primary amides is 1. The van der Waals surface area contributed by atoms with Gasteiger partial charge in [-0.05, 0) is 61.9 Å². The van der Waals surface area contributed by atoms with E-state index in [4.69, 9.17) is 20.3 Å². The lowest BCUT2D eigenvalue weighted by Gasteiger charge is -2.21. The number of hydrogen-bond acceptors (Lipinski definition) is 7. The lowest BCUT2D eigenvalue weighted by molar-refractivity contribution is -0.131. The summed E-state index contributed by atoms with van der Waals surface area (Å²) in [7, 11) is -1.15. The number of amides is 2.